The summed E-state index contributed by atoms with van der Waals surface area (Å²) in [6.07, 6.45) is 3.04. The Morgan fingerprint density at radius 3 is 2.78 bits per heavy atom. The average molecular weight is 305 g/mol. The Labute approximate surface area is 130 Å². The lowest BCUT2D eigenvalue weighted by molar-refractivity contribution is 0.369. The Kier molecular flexibility index (Phi) is 3.16. The maximum absolute atomic E-state index is 12.4. The molecule has 23 heavy (non-hydrogen) atoms. The van der Waals surface area contributed by atoms with Crippen LogP contribution in [-0.2, 0) is 6.54 Å². The van der Waals surface area contributed by atoms with E-state index in [4.69, 9.17) is 4.52 Å². The third kappa shape index (κ3) is 2.48. The fourth-order valence-corrected chi connectivity index (χ4v) is 2.28. The third-order valence-corrected chi connectivity index (χ3v) is 3.40. The summed E-state index contributed by atoms with van der Waals surface area (Å²) in [5.74, 6) is 0.833. The zero-order valence-corrected chi connectivity index (χ0v) is 12.0. The van der Waals surface area contributed by atoms with Crippen molar-refractivity contribution in [2.45, 2.75) is 6.54 Å². The zero-order chi connectivity index (χ0) is 15.6. The topological polar surface area (TPSA) is 86.7 Å². The molecule has 7 nitrogen and oxygen atoms in total. The number of benzene rings is 1. The van der Waals surface area contributed by atoms with Gasteiger partial charge in [0.2, 0.25) is 11.7 Å². The van der Waals surface area contributed by atoms with E-state index < -0.39 is 0 Å². The molecule has 0 saturated heterocycles. The Bertz CT molecular complexity index is 1020. The van der Waals surface area contributed by atoms with E-state index in [-0.39, 0.29) is 12.1 Å². The predicted octanol–water partition coefficient (Wildman–Crippen LogP) is 1.89. The van der Waals surface area contributed by atoms with Gasteiger partial charge in [-0.15, -0.1) is 0 Å². The van der Waals surface area contributed by atoms with Gasteiger partial charge in [0.1, 0.15) is 12.9 Å². The summed E-state index contributed by atoms with van der Waals surface area (Å²) in [7, 11) is 0. The molecular formula is C16H11N5O2. The first-order valence-corrected chi connectivity index (χ1v) is 6.99. The van der Waals surface area contributed by atoms with Crippen LogP contribution in [0.4, 0.5) is 0 Å². The summed E-state index contributed by atoms with van der Waals surface area (Å²) in [6.45, 7) is 0.163. The second kappa shape index (κ2) is 5.45. The van der Waals surface area contributed by atoms with Crippen LogP contribution in [0.1, 0.15) is 5.89 Å². The quantitative estimate of drug-likeness (QED) is 0.574. The monoisotopic (exact) mass is 305 g/mol. The van der Waals surface area contributed by atoms with Crippen molar-refractivity contribution in [2.24, 2.45) is 0 Å². The lowest BCUT2D eigenvalue weighted by Crippen LogP contribution is -2.21. The number of aromatic nitrogens is 5. The van der Waals surface area contributed by atoms with Crippen LogP contribution >= 0.6 is 0 Å². The zero-order valence-electron chi connectivity index (χ0n) is 12.0. The maximum Gasteiger partial charge on any atom is 0.263 e. The van der Waals surface area contributed by atoms with Crippen LogP contribution in [0.2, 0.25) is 0 Å². The highest BCUT2D eigenvalue weighted by Gasteiger charge is 2.11. The van der Waals surface area contributed by atoms with Gasteiger partial charge >= 0.3 is 0 Å². The number of nitrogens with zero attached hydrogens (tertiary/aromatic N) is 5. The molecule has 112 valence electrons. The second-order valence-corrected chi connectivity index (χ2v) is 4.93. The van der Waals surface area contributed by atoms with E-state index in [9.17, 15) is 4.79 Å². The molecule has 0 spiro atoms. The van der Waals surface area contributed by atoms with E-state index in [0.29, 0.717) is 22.7 Å². The molecule has 4 rings (SSSR count). The van der Waals surface area contributed by atoms with Crippen LogP contribution in [-0.4, -0.2) is 24.7 Å². The van der Waals surface area contributed by atoms with Crippen LogP contribution in [0, 0.1) is 0 Å². The van der Waals surface area contributed by atoms with Gasteiger partial charge in [-0.3, -0.25) is 9.36 Å². The lowest BCUT2D eigenvalue weighted by atomic mass is 10.2. The van der Waals surface area contributed by atoms with Gasteiger partial charge < -0.3 is 4.52 Å². The van der Waals surface area contributed by atoms with Crippen molar-refractivity contribution in [2.75, 3.05) is 0 Å². The van der Waals surface area contributed by atoms with Crippen LogP contribution in [0.5, 0.6) is 0 Å². The summed E-state index contributed by atoms with van der Waals surface area (Å²) in [6, 6.07) is 12.9. The van der Waals surface area contributed by atoms with Gasteiger partial charge in [0.25, 0.3) is 5.56 Å². The summed E-state index contributed by atoms with van der Waals surface area (Å²) >= 11 is 0. The molecule has 3 heterocycles. The van der Waals surface area contributed by atoms with Crippen molar-refractivity contribution in [1.82, 2.24) is 24.7 Å². The Balaban J connectivity index is 1.68. The molecule has 0 N–H and O–H groups in total. The largest absolute Gasteiger partial charge is 0.337 e. The van der Waals surface area contributed by atoms with Crippen molar-refractivity contribution in [1.29, 1.82) is 0 Å². The molecule has 1 aromatic carbocycles. The highest BCUT2D eigenvalue weighted by molar-refractivity contribution is 5.72. The number of hydrogen-bond donors (Lipinski definition) is 0. The molecule has 0 aliphatic rings. The molecule has 0 aliphatic heterocycles. The summed E-state index contributed by atoms with van der Waals surface area (Å²) in [5, 5.41) is 4.40. The molecule has 0 saturated carbocycles. The molecule has 0 bridgehead atoms. The molecule has 3 aromatic heterocycles. The van der Waals surface area contributed by atoms with Gasteiger partial charge in [0.15, 0.2) is 5.65 Å². The van der Waals surface area contributed by atoms with E-state index >= 15 is 0 Å². The van der Waals surface area contributed by atoms with Crippen molar-refractivity contribution >= 4 is 11.0 Å². The van der Waals surface area contributed by atoms with Gasteiger partial charge in [0, 0.05) is 11.8 Å². The van der Waals surface area contributed by atoms with Gasteiger partial charge in [-0.2, -0.15) is 4.98 Å². The van der Waals surface area contributed by atoms with Crippen LogP contribution in [0.3, 0.4) is 0 Å². The molecule has 0 amide bonds. The number of pyridine rings is 1. The van der Waals surface area contributed by atoms with E-state index in [1.807, 2.05) is 30.3 Å². The van der Waals surface area contributed by atoms with Crippen molar-refractivity contribution < 1.29 is 4.52 Å². The Morgan fingerprint density at radius 2 is 1.91 bits per heavy atom. The van der Waals surface area contributed by atoms with E-state index in [0.717, 1.165) is 5.56 Å². The predicted molar refractivity (Wildman–Crippen MR) is 82.6 cm³/mol. The minimum atomic E-state index is -0.192. The second-order valence-electron chi connectivity index (χ2n) is 4.93. The molecule has 7 heteroatoms. The first-order chi connectivity index (χ1) is 11.3. The maximum atomic E-state index is 12.4. The highest BCUT2D eigenvalue weighted by Crippen LogP contribution is 2.15. The summed E-state index contributed by atoms with van der Waals surface area (Å²) in [4.78, 5) is 24.9. The number of fused-ring (bicyclic) bond motifs is 1. The SMILES string of the molecule is O=c1c2cccnc2ncn1Cc1nc(-c2ccccc2)no1. The molecule has 0 aliphatic carbocycles. The van der Waals surface area contributed by atoms with E-state index in [1.54, 1.807) is 18.3 Å². The third-order valence-electron chi connectivity index (χ3n) is 3.40. The van der Waals surface area contributed by atoms with E-state index in [2.05, 4.69) is 20.1 Å². The van der Waals surface area contributed by atoms with Gasteiger partial charge in [-0.1, -0.05) is 35.5 Å². The first kappa shape index (κ1) is 13.3. The fraction of sp³-hybridized carbons (Fsp3) is 0.0625. The van der Waals surface area contributed by atoms with Crippen LogP contribution in [0.15, 0.2) is 64.3 Å². The average Bonchev–Trinajstić information content (AvgIpc) is 3.07. The molecule has 0 unspecified atom stereocenters. The molecule has 0 radical (unpaired) electrons. The normalized spacial score (nSPS) is 11.0. The molecule has 0 atom stereocenters. The minimum absolute atomic E-state index is 0.163. The number of hydrogen-bond acceptors (Lipinski definition) is 6. The summed E-state index contributed by atoms with van der Waals surface area (Å²) in [5.41, 5.74) is 1.09. The van der Waals surface area contributed by atoms with Gasteiger partial charge in [-0.05, 0) is 12.1 Å². The smallest absolute Gasteiger partial charge is 0.263 e. The van der Waals surface area contributed by atoms with E-state index in [1.165, 1.54) is 10.9 Å². The van der Waals surface area contributed by atoms with Gasteiger partial charge in [0.05, 0.1) is 5.39 Å². The fourth-order valence-electron chi connectivity index (χ4n) is 2.28. The standard InChI is InChI=1S/C16H11N5O2/c22-16-12-7-4-8-17-15(12)18-10-21(16)9-13-19-14(20-23-13)11-5-2-1-3-6-11/h1-8,10H,9H2. The molecular weight excluding hydrogens is 294 g/mol. The van der Waals surface area contributed by atoms with Crippen LogP contribution < -0.4 is 5.56 Å². The Morgan fingerprint density at radius 1 is 1.04 bits per heavy atom. The minimum Gasteiger partial charge on any atom is -0.337 e. The van der Waals surface area contributed by atoms with Crippen molar-refractivity contribution in [3.63, 3.8) is 0 Å². The summed E-state index contributed by atoms with van der Waals surface area (Å²) < 4.78 is 6.65. The first-order valence-electron chi connectivity index (χ1n) is 6.99. The Hall–Kier alpha value is -3.35. The van der Waals surface area contributed by atoms with Crippen molar-refractivity contribution in [3.8, 4) is 11.4 Å². The lowest BCUT2D eigenvalue weighted by Gasteiger charge is -2.02. The van der Waals surface area contributed by atoms with Crippen molar-refractivity contribution in [3.05, 3.63) is 71.2 Å². The molecule has 0 fully saturated rings. The number of rotatable bonds is 3. The van der Waals surface area contributed by atoms with Crippen LogP contribution in [0.25, 0.3) is 22.4 Å². The van der Waals surface area contributed by atoms with Gasteiger partial charge in [-0.25, -0.2) is 9.97 Å². The highest BCUT2D eigenvalue weighted by atomic mass is 16.5. The molecule has 4 aromatic rings.